The number of hydrogen-bond acceptors (Lipinski definition) is 6. The number of aromatic nitrogens is 2. The first-order valence-electron chi connectivity index (χ1n) is 7.36. The highest BCUT2D eigenvalue weighted by molar-refractivity contribution is 7.99. The quantitative estimate of drug-likeness (QED) is 0.338. The first-order valence-corrected chi connectivity index (χ1v) is 8.59. The van der Waals surface area contributed by atoms with E-state index in [4.69, 9.17) is 26.9 Å². The van der Waals surface area contributed by atoms with Gasteiger partial charge in [-0.25, -0.2) is 0 Å². The summed E-state index contributed by atoms with van der Waals surface area (Å²) in [6, 6.07) is 6.16. The van der Waals surface area contributed by atoms with Crippen LogP contribution in [0.5, 0.6) is 0 Å². The molecule has 0 atom stereocenters. The number of aliphatic hydroxyl groups excluding tert-OH is 1. The molecule has 2 N–H and O–H groups in total. The Kier molecular flexibility index (Phi) is 6.61. The second kappa shape index (κ2) is 8.48. The van der Waals surface area contributed by atoms with E-state index in [0.717, 1.165) is 16.0 Å². The van der Waals surface area contributed by atoms with Crippen LogP contribution in [-0.2, 0) is 4.74 Å². The molecular formula is C16H20N2O4S2. The van der Waals surface area contributed by atoms with Crippen molar-refractivity contribution < 1.29 is 14.7 Å². The van der Waals surface area contributed by atoms with Gasteiger partial charge in [0, 0.05) is 10.5 Å². The molecule has 8 heteroatoms. The number of aliphatic hydroxyl groups is 1. The number of H-pyrrole nitrogens is 1. The first-order chi connectivity index (χ1) is 11.4. The Bertz CT molecular complexity index is 810. The Morgan fingerprint density at radius 2 is 1.92 bits per heavy atom. The summed E-state index contributed by atoms with van der Waals surface area (Å²) in [4.78, 5) is 21.1. The molecule has 0 unspecified atom stereocenters. The lowest BCUT2D eigenvalue weighted by Crippen LogP contribution is -2.25. The minimum Gasteiger partial charge on any atom is -0.394 e. The molecule has 24 heavy (non-hydrogen) atoms. The van der Waals surface area contributed by atoms with Crippen molar-refractivity contribution in [3.8, 4) is 0 Å². The number of nitrogens with one attached hydrogen (secondary N) is 1. The predicted molar refractivity (Wildman–Crippen MR) is 95.1 cm³/mol. The number of ether oxygens (including phenoxy) is 1. The molecule has 0 fully saturated rings. The van der Waals surface area contributed by atoms with E-state index in [1.807, 2.05) is 26.0 Å². The second-order valence-corrected chi connectivity index (χ2v) is 6.74. The van der Waals surface area contributed by atoms with Crippen LogP contribution in [0.15, 0.2) is 32.9 Å². The smallest absolute Gasteiger partial charge is 0.255 e. The summed E-state index contributed by atoms with van der Waals surface area (Å²) in [6.07, 6.45) is 0. The largest absolute Gasteiger partial charge is 0.394 e. The molecule has 1 aromatic heterocycles. The van der Waals surface area contributed by atoms with Gasteiger partial charge in [-0.1, -0.05) is 17.8 Å². The topological polar surface area (TPSA) is 76.5 Å². The molecule has 0 radical (unpaired) electrons. The summed E-state index contributed by atoms with van der Waals surface area (Å²) in [5, 5.41) is 9.34. The number of hydrogen-bond donors (Lipinski definition) is 2. The van der Waals surface area contributed by atoms with Crippen LogP contribution in [0.3, 0.4) is 0 Å². The third-order valence-corrected chi connectivity index (χ3v) is 4.57. The zero-order valence-corrected chi connectivity index (χ0v) is 15.4. The van der Waals surface area contributed by atoms with E-state index in [-0.39, 0.29) is 30.3 Å². The van der Waals surface area contributed by atoms with Gasteiger partial charge in [-0.05, 0) is 56.2 Å². The Labute approximate surface area is 149 Å². The molecule has 0 saturated carbocycles. The first kappa shape index (κ1) is 18.7. The van der Waals surface area contributed by atoms with Gasteiger partial charge in [0.05, 0.1) is 13.2 Å². The van der Waals surface area contributed by atoms with Crippen molar-refractivity contribution in [1.82, 2.24) is 9.71 Å². The van der Waals surface area contributed by atoms with Gasteiger partial charge in [-0.15, -0.1) is 4.73 Å². The number of aromatic amines is 1. The fourth-order valence-corrected chi connectivity index (χ4v) is 3.62. The summed E-state index contributed by atoms with van der Waals surface area (Å²) in [5.74, 6) is 0. The molecular weight excluding hydrogens is 348 g/mol. The van der Waals surface area contributed by atoms with Crippen LogP contribution in [0.1, 0.15) is 16.7 Å². The zero-order chi connectivity index (χ0) is 17.7. The molecule has 0 aliphatic heterocycles. The maximum Gasteiger partial charge on any atom is 0.255 e. The average Bonchev–Trinajstić information content (AvgIpc) is 2.50. The number of benzene rings is 1. The Hall–Kier alpha value is -1.61. The van der Waals surface area contributed by atoms with Crippen LogP contribution in [0, 0.1) is 25.5 Å². The summed E-state index contributed by atoms with van der Waals surface area (Å²) >= 11 is 6.60. The molecule has 0 amide bonds. The maximum absolute atomic E-state index is 12.0. The van der Waals surface area contributed by atoms with E-state index in [2.05, 4.69) is 11.1 Å². The highest BCUT2D eigenvalue weighted by Crippen LogP contribution is 2.30. The lowest BCUT2D eigenvalue weighted by molar-refractivity contribution is -0.0772. The van der Waals surface area contributed by atoms with E-state index in [1.54, 1.807) is 6.92 Å². The van der Waals surface area contributed by atoms with E-state index in [0.29, 0.717) is 10.6 Å². The lowest BCUT2D eigenvalue weighted by atomic mass is 10.2. The van der Waals surface area contributed by atoms with Crippen molar-refractivity contribution in [3.05, 3.63) is 50.0 Å². The van der Waals surface area contributed by atoms with Gasteiger partial charge >= 0.3 is 0 Å². The summed E-state index contributed by atoms with van der Waals surface area (Å²) in [5.41, 5.74) is 2.53. The van der Waals surface area contributed by atoms with Crippen LogP contribution in [0.4, 0.5) is 0 Å². The number of aryl methyl sites for hydroxylation is 2. The fourth-order valence-electron chi connectivity index (χ4n) is 2.14. The lowest BCUT2D eigenvalue weighted by Gasteiger charge is -2.16. The van der Waals surface area contributed by atoms with Crippen molar-refractivity contribution in [2.45, 2.75) is 30.7 Å². The number of nitrogens with zero attached hydrogens (tertiary/aromatic N) is 1. The molecule has 0 saturated heterocycles. The Morgan fingerprint density at radius 1 is 1.25 bits per heavy atom. The minimum absolute atomic E-state index is 0.0826. The molecule has 0 spiro atoms. The Balaban J connectivity index is 2.39. The third kappa shape index (κ3) is 4.70. The van der Waals surface area contributed by atoms with E-state index in [9.17, 15) is 4.79 Å². The normalized spacial score (nSPS) is 10.8. The molecule has 1 aromatic carbocycles. The van der Waals surface area contributed by atoms with E-state index in [1.165, 1.54) is 16.5 Å². The fraction of sp³-hybridized carbons (Fsp3) is 0.375. The van der Waals surface area contributed by atoms with Gasteiger partial charge in [-0.2, -0.15) is 0 Å². The summed E-state index contributed by atoms with van der Waals surface area (Å²) in [6.45, 7) is 5.74. The van der Waals surface area contributed by atoms with Crippen LogP contribution in [-0.4, -0.2) is 34.8 Å². The molecule has 0 bridgehead atoms. The van der Waals surface area contributed by atoms with Crippen LogP contribution >= 0.6 is 24.0 Å². The monoisotopic (exact) mass is 368 g/mol. The van der Waals surface area contributed by atoms with Crippen LogP contribution < -0.4 is 10.4 Å². The SMILES string of the molecule is Cc1cc(C)cc(Sc2c(C)c(=O)[nH]c(=S)n2OCOCCO)c1. The van der Waals surface area contributed by atoms with Gasteiger partial charge in [0.25, 0.3) is 5.56 Å². The van der Waals surface area contributed by atoms with E-state index >= 15 is 0 Å². The molecule has 0 aliphatic rings. The molecule has 2 aromatic rings. The second-order valence-electron chi connectivity index (χ2n) is 5.29. The minimum atomic E-state index is -0.247. The molecule has 6 nitrogen and oxygen atoms in total. The van der Waals surface area contributed by atoms with Crippen LogP contribution in [0.2, 0.25) is 0 Å². The van der Waals surface area contributed by atoms with Gasteiger partial charge in [0.2, 0.25) is 11.6 Å². The zero-order valence-electron chi connectivity index (χ0n) is 13.8. The molecule has 0 aliphatic carbocycles. The average molecular weight is 368 g/mol. The molecule has 1 heterocycles. The predicted octanol–water partition coefficient (Wildman–Crippen LogP) is 2.38. The standard InChI is InChI=1S/C16H20N2O4S2/c1-10-6-11(2)8-13(7-10)24-15-12(3)14(20)17-16(23)18(15)22-9-21-5-4-19/h6-8,19H,4-5,9H2,1-3H3,(H,17,20,23). The van der Waals surface area contributed by atoms with Crippen molar-refractivity contribution >= 4 is 24.0 Å². The van der Waals surface area contributed by atoms with Crippen molar-refractivity contribution in [2.75, 3.05) is 20.0 Å². The molecule has 130 valence electrons. The summed E-state index contributed by atoms with van der Waals surface area (Å²) < 4.78 is 6.65. The maximum atomic E-state index is 12.0. The van der Waals surface area contributed by atoms with Gasteiger partial charge in [0.15, 0.2) is 0 Å². The van der Waals surface area contributed by atoms with Crippen LogP contribution in [0.25, 0.3) is 0 Å². The van der Waals surface area contributed by atoms with E-state index < -0.39 is 0 Å². The van der Waals surface area contributed by atoms with Crippen molar-refractivity contribution in [1.29, 1.82) is 0 Å². The molecule has 2 rings (SSSR count). The number of rotatable bonds is 7. The highest BCUT2D eigenvalue weighted by atomic mass is 32.2. The summed E-state index contributed by atoms with van der Waals surface area (Å²) in [7, 11) is 0. The van der Waals surface area contributed by atoms with Crippen molar-refractivity contribution in [2.24, 2.45) is 0 Å². The highest BCUT2D eigenvalue weighted by Gasteiger charge is 2.13. The van der Waals surface area contributed by atoms with Gasteiger partial charge in [0.1, 0.15) is 5.03 Å². The van der Waals surface area contributed by atoms with Gasteiger partial charge in [-0.3, -0.25) is 9.78 Å². The van der Waals surface area contributed by atoms with Crippen molar-refractivity contribution in [3.63, 3.8) is 0 Å². The Morgan fingerprint density at radius 3 is 2.54 bits per heavy atom. The third-order valence-electron chi connectivity index (χ3n) is 3.16. The van der Waals surface area contributed by atoms with Gasteiger partial charge < -0.3 is 14.7 Å².